The van der Waals surface area contributed by atoms with Crippen molar-refractivity contribution in [1.29, 1.82) is 0 Å². The Morgan fingerprint density at radius 2 is 1.94 bits per heavy atom. The summed E-state index contributed by atoms with van der Waals surface area (Å²) in [5.74, 6) is 5.20. The number of carbonyl (C=O) groups is 2. The predicted octanol–water partition coefficient (Wildman–Crippen LogP) is 1.97. The van der Waals surface area contributed by atoms with Crippen LogP contribution in [0.3, 0.4) is 0 Å². The fourth-order valence-corrected chi connectivity index (χ4v) is 1.12. The third kappa shape index (κ3) is 2.71. The molecular weight excluding hydrogens is 206 g/mol. The van der Waals surface area contributed by atoms with Crippen molar-refractivity contribution in [3.05, 3.63) is 45.3 Å². The first-order valence-electron chi connectivity index (χ1n) is 4.36. The number of azide groups is 1. The lowest BCUT2D eigenvalue weighted by molar-refractivity contribution is 0.112. The summed E-state index contributed by atoms with van der Waals surface area (Å²) in [4.78, 5) is 24.0. The van der Waals surface area contributed by atoms with Crippen LogP contribution in [0.25, 0.3) is 10.4 Å². The Labute approximate surface area is 91.7 Å². The quantitative estimate of drug-likeness (QED) is 0.253. The van der Waals surface area contributed by atoms with Gasteiger partial charge in [-0.1, -0.05) is 35.2 Å². The number of benzene rings is 1. The van der Waals surface area contributed by atoms with Gasteiger partial charge >= 0.3 is 0 Å². The molecule has 78 valence electrons. The number of aldehydes is 2. The molecule has 1 aromatic rings. The largest absolute Gasteiger partial charge is 0.298 e. The van der Waals surface area contributed by atoms with Crippen molar-refractivity contribution in [1.82, 2.24) is 0 Å². The van der Waals surface area contributed by atoms with E-state index in [0.717, 1.165) is 0 Å². The van der Waals surface area contributed by atoms with Gasteiger partial charge in [-0.3, -0.25) is 9.59 Å². The predicted molar refractivity (Wildman–Crippen MR) is 58.1 cm³/mol. The van der Waals surface area contributed by atoms with Crippen molar-refractivity contribution in [3.8, 4) is 11.8 Å². The van der Waals surface area contributed by atoms with Crippen molar-refractivity contribution >= 4 is 12.6 Å². The second-order valence-corrected chi connectivity index (χ2v) is 2.74. The highest BCUT2D eigenvalue weighted by Gasteiger charge is 2.03. The van der Waals surface area contributed by atoms with E-state index in [1.165, 1.54) is 0 Å². The minimum absolute atomic E-state index is 0.00197. The van der Waals surface area contributed by atoms with Crippen LogP contribution in [-0.2, 0) is 0 Å². The van der Waals surface area contributed by atoms with Crippen LogP contribution in [-0.4, -0.2) is 19.1 Å². The van der Waals surface area contributed by atoms with E-state index in [9.17, 15) is 9.59 Å². The molecule has 0 aliphatic heterocycles. The Hall–Kier alpha value is -2.57. The van der Waals surface area contributed by atoms with Crippen LogP contribution in [0.1, 0.15) is 26.3 Å². The van der Waals surface area contributed by atoms with Gasteiger partial charge in [-0.15, -0.1) is 0 Å². The molecule has 0 heterocycles. The first-order chi connectivity index (χ1) is 7.83. The number of rotatable bonds is 3. The third-order valence-electron chi connectivity index (χ3n) is 1.81. The molecule has 0 aromatic heterocycles. The Bertz CT molecular complexity index is 494. The maximum Gasteiger partial charge on any atom is 0.151 e. The highest BCUT2D eigenvalue weighted by molar-refractivity contribution is 5.88. The van der Waals surface area contributed by atoms with Gasteiger partial charge in [0.2, 0.25) is 0 Å². The van der Waals surface area contributed by atoms with Gasteiger partial charge in [0.25, 0.3) is 0 Å². The van der Waals surface area contributed by atoms with Gasteiger partial charge in [0.15, 0.2) is 12.6 Å². The highest BCUT2D eigenvalue weighted by atomic mass is 16.1. The lowest BCUT2D eigenvalue weighted by atomic mass is 10.0. The van der Waals surface area contributed by atoms with Crippen molar-refractivity contribution in [3.63, 3.8) is 0 Å². The Morgan fingerprint density at radius 1 is 1.31 bits per heavy atom. The van der Waals surface area contributed by atoms with Crippen molar-refractivity contribution in [2.24, 2.45) is 5.11 Å². The van der Waals surface area contributed by atoms with Crippen LogP contribution in [0.2, 0.25) is 0 Å². The van der Waals surface area contributed by atoms with Gasteiger partial charge in [0.05, 0.1) is 6.54 Å². The summed E-state index contributed by atoms with van der Waals surface area (Å²) in [6, 6.07) is 4.74. The van der Waals surface area contributed by atoms with Crippen LogP contribution in [0.5, 0.6) is 0 Å². The topological polar surface area (TPSA) is 82.9 Å². The minimum atomic E-state index is 0.00197. The Morgan fingerprint density at radius 3 is 2.44 bits per heavy atom. The highest BCUT2D eigenvalue weighted by Crippen LogP contribution is 2.10. The Balaban J connectivity index is 3.16. The zero-order valence-corrected chi connectivity index (χ0v) is 8.25. The average Bonchev–Trinajstić information content (AvgIpc) is 2.34. The number of nitrogens with zero attached hydrogens (tertiary/aromatic N) is 3. The van der Waals surface area contributed by atoms with Gasteiger partial charge in [0, 0.05) is 21.6 Å². The molecule has 0 saturated heterocycles. The SMILES string of the molecule is [N-]=[N+]=NCC#Cc1c(C=O)cccc1C=O. The second-order valence-electron chi connectivity index (χ2n) is 2.74. The van der Waals surface area contributed by atoms with Gasteiger partial charge < -0.3 is 0 Å². The average molecular weight is 213 g/mol. The normalized spacial score (nSPS) is 8.25. The molecule has 16 heavy (non-hydrogen) atoms. The molecule has 0 radical (unpaired) electrons. The van der Waals surface area contributed by atoms with E-state index < -0.39 is 0 Å². The smallest absolute Gasteiger partial charge is 0.151 e. The molecule has 5 nitrogen and oxygen atoms in total. The third-order valence-corrected chi connectivity index (χ3v) is 1.81. The van der Waals surface area contributed by atoms with Crippen LogP contribution in [0.15, 0.2) is 23.3 Å². The monoisotopic (exact) mass is 213 g/mol. The lowest BCUT2D eigenvalue weighted by Crippen LogP contribution is -1.94. The van der Waals surface area contributed by atoms with E-state index in [2.05, 4.69) is 21.9 Å². The molecule has 0 amide bonds. The summed E-state index contributed by atoms with van der Waals surface area (Å²) in [7, 11) is 0. The van der Waals surface area contributed by atoms with Crippen molar-refractivity contribution < 1.29 is 9.59 Å². The van der Waals surface area contributed by atoms with E-state index in [1.807, 2.05) is 0 Å². The number of hydrogen-bond acceptors (Lipinski definition) is 3. The molecule has 0 fully saturated rings. The molecule has 0 aliphatic carbocycles. The summed E-state index contributed by atoms with van der Waals surface area (Å²) < 4.78 is 0. The van der Waals surface area contributed by atoms with E-state index in [0.29, 0.717) is 29.3 Å². The zero-order valence-electron chi connectivity index (χ0n) is 8.25. The molecule has 0 unspecified atom stereocenters. The molecule has 5 heteroatoms. The summed E-state index contributed by atoms with van der Waals surface area (Å²) in [6.45, 7) is 0.00197. The summed E-state index contributed by atoms with van der Waals surface area (Å²) >= 11 is 0. The summed E-state index contributed by atoms with van der Waals surface area (Å²) in [6.07, 6.45) is 1.26. The summed E-state index contributed by atoms with van der Waals surface area (Å²) in [5.41, 5.74) is 9.10. The molecule has 1 rings (SSSR count). The van der Waals surface area contributed by atoms with E-state index in [-0.39, 0.29) is 6.54 Å². The molecule has 0 atom stereocenters. The van der Waals surface area contributed by atoms with E-state index in [4.69, 9.17) is 5.53 Å². The number of carbonyl (C=O) groups excluding carboxylic acids is 2. The van der Waals surface area contributed by atoms with Gasteiger partial charge in [-0.2, -0.15) is 0 Å². The lowest BCUT2D eigenvalue weighted by Gasteiger charge is -1.98. The first kappa shape index (κ1) is 11.5. The molecule has 1 aromatic carbocycles. The minimum Gasteiger partial charge on any atom is -0.298 e. The van der Waals surface area contributed by atoms with Gasteiger partial charge in [0.1, 0.15) is 0 Å². The number of hydrogen-bond donors (Lipinski definition) is 0. The summed E-state index contributed by atoms with van der Waals surface area (Å²) in [5, 5.41) is 3.23. The van der Waals surface area contributed by atoms with Crippen LogP contribution in [0, 0.1) is 11.8 Å². The zero-order chi connectivity index (χ0) is 11.8. The van der Waals surface area contributed by atoms with Crippen LogP contribution < -0.4 is 0 Å². The van der Waals surface area contributed by atoms with Crippen LogP contribution in [0.4, 0.5) is 0 Å². The maximum absolute atomic E-state index is 10.7. The van der Waals surface area contributed by atoms with E-state index >= 15 is 0 Å². The van der Waals surface area contributed by atoms with E-state index in [1.54, 1.807) is 18.2 Å². The molecule has 0 spiro atoms. The fourth-order valence-electron chi connectivity index (χ4n) is 1.12. The molecule has 0 aliphatic rings. The first-order valence-corrected chi connectivity index (χ1v) is 4.36. The van der Waals surface area contributed by atoms with Crippen molar-refractivity contribution in [2.75, 3.05) is 6.54 Å². The standard InChI is InChI=1S/C11H7N3O2/c12-14-13-6-2-5-11-9(7-15)3-1-4-10(11)8-16/h1,3-4,7-8H,6H2. The molecular formula is C11H7N3O2. The van der Waals surface area contributed by atoms with Crippen LogP contribution >= 0.6 is 0 Å². The fraction of sp³-hybridized carbons (Fsp3) is 0.0909. The maximum atomic E-state index is 10.7. The second kappa shape index (κ2) is 6.02. The Kier molecular flexibility index (Phi) is 4.33. The molecule has 0 saturated carbocycles. The van der Waals surface area contributed by atoms with Crippen molar-refractivity contribution in [2.45, 2.75) is 0 Å². The van der Waals surface area contributed by atoms with Gasteiger partial charge in [-0.05, 0) is 5.53 Å². The molecule has 0 N–H and O–H groups in total. The van der Waals surface area contributed by atoms with Gasteiger partial charge in [-0.25, -0.2) is 0 Å². The molecule has 0 bridgehead atoms.